The number of carbonyl (C=O) groups excluding carboxylic acids is 1. The molecule has 4 heteroatoms. The lowest BCUT2D eigenvalue weighted by Crippen LogP contribution is -2.28. The topological polar surface area (TPSA) is 63.6 Å². The van der Waals surface area contributed by atoms with Crippen molar-refractivity contribution in [2.45, 2.75) is 46.6 Å². The molecule has 0 bridgehead atoms. The average Bonchev–Trinajstić information content (AvgIpc) is 2.39. The maximum atomic E-state index is 11.3. The molecule has 0 aromatic heterocycles. The highest BCUT2D eigenvalue weighted by Crippen LogP contribution is 2.75. The molecule has 0 heterocycles. The zero-order valence-electron chi connectivity index (χ0n) is 9.88. The maximum Gasteiger partial charge on any atom is 0.314 e. The second-order valence-electron chi connectivity index (χ2n) is 4.82. The van der Waals surface area contributed by atoms with E-state index in [1.807, 2.05) is 20.8 Å². The van der Waals surface area contributed by atoms with Gasteiger partial charge in [0, 0.05) is 12.3 Å². The van der Waals surface area contributed by atoms with Crippen LogP contribution < -0.4 is 0 Å². The van der Waals surface area contributed by atoms with E-state index in [-0.39, 0.29) is 0 Å². The fraction of sp³-hybridized carbons (Fsp3) is 0.818. The van der Waals surface area contributed by atoms with E-state index in [1.54, 1.807) is 6.92 Å². The molecule has 0 aromatic rings. The van der Waals surface area contributed by atoms with Crippen LogP contribution in [0.2, 0.25) is 0 Å². The molecule has 4 nitrogen and oxygen atoms in total. The summed E-state index contributed by atoms with van der Waals surface area (Å²) in [6.07, 6.45) is 0.457. The van der Waals surface area contributed by atoms with Gasteiger partial charge in [-0.15, -0.1) is 0 Å². The minimum atomic E-state index is -0.953. The van der Waals surface area contributed by atoms with Gasteiger partial charge >= 0.3 is 11.9 Å². The van der Waals surface area contributed by atoms with Crippen LogP contribution in [0.4, 0.5) is 0 Å². The van der Waals surface area contributed by atoms with Gasteiger partial charge in [0.05, 0.1) is 0 Å². The van der Waals surface area contributed by atoms with Crippen LogP contribution in [0.25, 0.3) is 0 Å². The van der Waals surface area contributed by atoms with Crippen molar-refractivity contribution in [2.75, 3.05) is 0 Å². The van der Waals surface area contributed by atoms with Gasteiger partial charge in [0.15, 0.2) is 0 Å². The van der Waals surface area contributed by atoms with E-state index in [0.29, 0.717) is 6.42 Å². The van der Waals surface area contributed by atoms with Crippen molar-refractivity contribution in [3.05, 3.63) is 0 Å². The van der Waals surface area contributed by atoms with E-state index in [9.17, 15) is 14.7 Å². The van der Waals surface area contributed by atoms with E-state index >= 15 is 0 Å². The van der Waals surface area contributed by atoms with Gasteiger partial charge in [-0.25, -0.2) is 0 Å². The largest absolute Gasteiger partial charge is 0.481 e. The summed E-state index contributed by atoms with van der Waals surface area (Å²) < 4.78 is 5.21. The zero-order valence-corrected chi connectivity index (χ0v) is 9.88. The molecule has 86 valence electrons. The Morgan fingerprint density at radius 3 is 1.93 bits per heavy atom. The highest BCUT2D eigenvalue weighted by atomic mass is 16.6. The van der Waals surface area contributed by atoms with Gasteiger partial charge in [0.1, 0.15) is 11.0 Å². The number of carboxylic acid groups (broad SMARTS) is 1. The first-order chi connectivity index (χ1) is 6.67. The normalized spacial score (nSPS) is 37.1. The summed E-state index contributed by atoms with van der Waals surface area (Å²) in [6, 6.07) is 0. The highest BCUT2D eigenvalue weighted by molar-refractivity contribution is 5.84. The molecular weight excluding hydrogens is 196 g/mol. The van der Waals surface area contributed by atoms with Crippen molar-refractivity contribution in [3.63, 3.8) is 0 Å². The first kappa shape index (κ1) is 12.0. The van der Waals surface area contributed by atoms with Crippen LogP contribution >= 0.6 is 0 Å². The van der Waals surface area contributed by atoms with Crippen LogP contribution in [-0.4, -0.2) is 22.6 Å². The van der Waals surface area contributed by atoms with Crippen molar-refractivity contribution in [2.24, 2.45) is 10.8 Å². The third kappa shape index (κ3) is 1.08. The van der Waals surface area contributed by atoms with Gasteiger partial charge in [-0.3, -0.25) is 9.59 Å². The number of carboxylic acids is 1. The fourth-order valence-electron chi connectivity index (χ4n) is 3.06. The SMILES string of the molecule is CCC1(C(=O)O)C(C)(C)C1(C)OC(C)=O. The molecule has 0 saturated heterocycles. The van der Waals surface area contributed by atoms with Gasteiger partial charge in [0.2, 0.25) is 0 Å². The van der Waals surface area contributed by atoms with Crippen molar-refractivity contribution >= 4 is 11.9 Å². The second-order valence-corrected chi connectivity index (χ2v) is 4.82. The lowest BCUT2D eigenvalue weighted by molar-refractivity contribution is -0.156. The van der Waals surface area contributed by atoms with Crippen LogP contribution in [0.15, 0.2) is 0 Å². The Labute approximate surface area is 89.6 Å². The lowest BCUT2D eigenvalue weighted by atomic mass is 9.93. The van der Waals surface area contributed by atoms with E-state index < -0.39 is 28.4 Å². The predicted molar refractivity (Wildman–Crippen MR) is 54.3 cm³/mol. The first-order valence-electron chi connectivity index (χ1n) is 5.10. The standard InChI is InChI=1S/C11H18O4/c1-6-11(8(13)14)9(3,4)10(11,5)15-7(2)12/h6H2,1-5H3,(H,13,14). The zero-order chi connectivity index (χ0) is 12.1. The molecule has 1 aliphatic carbocycles. The summed E-state index contributed by atoms with van der Waals surface area (Å²) >= 11 is 0. The molecule has 1 N–H and O–H groups in total. The van der Waals surface area contributed by atoms with Crippen LogP contribution in [0, 0.1) is 10.8 Å². The fourth-order valence-corrected chi connectivity index (χ4v) is 3.06. The number of esters is 1. The Morgan fingerprint density at radius 2 is 1.73 bits per heavy atom. The van der Waals surface area contributed by atoms with Crippen molar-refractivity contribution in [1.82, 2.24) is 0 Å². The van der Waals surface area contributed by atoms with Crippen LogP contribution in [-0.2, 0) is 14.3 Å². The Morgan fingerprint density at radius 1 is 1.27 bits per heavy atom. The molecular formula is C11H18O4. The number of rotatable bonds is 3. The predicted octanol–water partition coefficient (Wildman–Crippen LogP) is 1.83. The number of carbonyl (C=O) groups is 2. The van der Waals surface area contributed by atoms with Crippen molar-refractivity contribution < 1.29 is 19.4 Å². The number of hydrogen-bond acceptors (Lipinski definition) is 3. The Kier molecular flexibility index (Phi) is 2.38. The molecule has 2 atom stereocenters. The minimum Gasteiger partial charge on any atom is -0.481 e. The van der Waals surface area contributed by atoms with Gasteiger partial charge in [-0.1, -0.05) is 20.8 Å². The molecule has 0 radical (unpaired) electrons. The van der Waals surface area contributed by atoms with Crippen molar-refractivity contribution in [3.8, 4) is 0 Å². The third-order valence-corrected chi connectivity index (χ3v) is 4.25. The summed E-state index contributed by atoms with van der Waals surface area (Å²) in [5.74, 6) is -1.32. The highest BCUT2D eigenvalue weighted by Gasteiger charge is 2.86. The lowest BCUT2D eigenvalue weighted by Gasteiger charge is -2.16. The Bertz CT molecular complexity index is 321. The van der Waals surface area contributed by atoms with E-state index in [2.05, 4.69) is 0 Å². The maximum absolute atomic E-state index is 11.3. The molecule has 1 saturated carbocycles. The Hall–Kier alpha value is -1.06. The molecule has 0 amide bonds. The van der Waals surface area contributed by atoms with Crippen LogP contribution in [0.3, 0.4) is 0 Å². The van der Waals surface area contributed by atoms with Gasteiger partial charge in [-0.2, -0.15) is 0 Å². The third-order valence-electron chi connectivity index (χ3n) is 4.25. The molecule has 0 spiro atoms. The first-order valence-corrected chi connectivity index (χ1v) is 5.10. The van der Waals surface area contributed by atoms with Crippen LogP contribution in [0.5, 0.6) is 0 Å². The molecule has 1 aliphatic rings. The van der Waals surface area contributed by atoms with E-state index in [0.717, 1.165) is 0 Å². The smallest absolute Gasteiger partial charge is 0.314 e. The molecule has 0 aliphatic heterocycles. The van der Waals surface area contributed by atoms with Crippen molar-refractivity contribution in [1.29, 1.82) is 0 Å². The number of ether oxygens (including phenoxy) is 1. The molecule has 15 heavy (non-hydrogen) atoms. The molecule has 2 unspecified atom stereocenters. The molecule has 1 fully saturated rings. The monoisotopic (exact) mass is 214 g/mol. The number of aliphatic carboxylic acids is 1. The van der Waals surface area contributed by atoms with Gasteiger partial charge < -0.3 is 9.84 Å². The average molecular weight is 214 g/mol. The quantitative estimate of drug-likeness (QED) is 0.728. The summed E-state index contributed by atoms with van der Waals surface area (Å²) in [5.41, 5.74) is -2.37. The molecule has 0 aromatic carbocycles. The summed E-state index contributed by atoms with van der Waals surface area (Å²) in [6.45, 7) is 8.47. The Balaban J connectivity index is 3.13. The summed E-state index contributed by atoms with van der Waals surface area (Å²) in [5, 5.41) is 9.30. The number of hydrogen-bond donors (Lipinski definition) is 1. The molecule has 1 rings (SSSR count). The van der Waals surface area contributed by atoms with E-state index in [4.69, 9.17) is 4.74 Å². The second kappa shape index (κ2) is 2.97. The summed E-state index contributed by atoms with van der Waals surface area (Å²) in [7, 11) is 0. The van der Waals surface area contributed by atoms with Gasteiger partial charge in [0.25, 0.3) is 0 Å². The van der Waals surface area contributed by atoms with Gasteiger partial charge in [-0.05, 0) is 13.3 Å². The minimum absolute atomic E-state index is 0.429. The van der Waals surface area contributed by atoms with E-state index in [1.165, 1.54) is 6.92 Å². The summed E-state index contributed by atoms with van der Waals surface area (Å²) in [4.78, 5) is 22.3. The van der Waals surface area contributed by atoms with Crippen LogP contribution in [0.1, 0.15) is 41.0 Å².